The van der Waals surface area contributed by atoms with Crippen LogP contribution in [0.3, 0.4) is 0 Å². The van der Waals surface area contributed by atoms with E-state index in [9.17, 15) is 0 Å². The van der Waals surface area contributed by atoms with E-state index >= 15 is 0 Å². The summed E-state index contributed by atoms with van der Waals surface area (Å²) in [6, 6.07) is 0. The first-order valence-electron chi connectivity index (χ1n) is 2.37. The van der Waals surface area contributed by atoms with Crippen molar-refractivity contribution < 1.29 is 5.11 Å². The Morgan fingerprint density at radius 3 is 2.38 bits per heavy atom. The number of hydrogen-bond donors (Lipinski definition) is 3. The molecule has 3 nitrogen and oxygen atoms in total. The minimum atomic E-state index is -0.322. The van der Waals surface area contributed by atoms with E-state index in [1.807, 2.05) is 0 Å². The molecule has 50 valence electrons. The number of alkyl halides is 1. The van der Waals surface area contributed by atoms with E-state index in [-0.39, 0.29) is 10.2 Å². The van der Waals surface area contributed by atoms with Crippen LogP contribution in [0, 0.1) is 0 Å². The molecule has 0 saturated carbocycles. The molecule has 8 heavy (non-hydrogen) atoms. The van der Waals surface area contributed by atoms with E-state index < -0.39 is 0 Å². The topological polar surface area (TPSA) is 58.3 Å². The van der Waals surface area contributed by atoms with Crippen molar-refractivity contribution in [1.82, 2.24) is 5.32 Å². The van der Waals surface area contributed by atoms with Crippen molar-refractivity contribution in [3.63, 3.8) is 0 Å². The van der Waals surface area contributed by atoms with Gasteiger partial charge in [0.1, 0.15) is 3.55 Å². The number of rotatable bonds is 3. The van der Waals surface area contributed by atoms with Crippen molar-refractivity contribution in [2.75, 3.05) is 20.2 Å². The molecule has 4 heteroatoms. The quantitative estimate of drug-likeness (QED) is 0.341. The van der Waals surface area contributed by atoms with Gasteiger partial charge in [0.2, 0.25) is 0 Å². The van der Waals surface area contributed by atoms with Crippen LogP contribution >= 0.6 is 22.6 Å². The highest BCUT2D eigenvalue weighted by molar-refractivity contribution is 14.1. The summed E-state index contributed by atoms with van der Waals surface area (Å²) in [5.74, 6) is 0. The van der Waals surface area contributed by atoms with Crippen LogP contribution < -0.4 is 11.1 Å². The van der Waals surface area contributed by atoms with Crippen molar-refractivity contribution in [3.8, 4) is 0 Å². The zero-order valence-corrected chi connectivity index (χ0v) is 6.97. The second kappa shape index (κ2) is 3.60. The fourth-order valence-corrected chi connectivity index (χ4v) is 0.246. The number of aliphatic hydroxyl groups excluding tert-OH is 1. The van der Waals surface area contributed by atoms with Crippen molar-refractivity contribution in [2.24, 2.45) is 5.73 Å². The van der Waals surface area contributed by atoms with Crippen molar-refractivity contribution in [1.29, 1.82) is 0 Å². The summed E-state index contributed by atoms with van der Waals surface area (Å²) in [6.45, 7) is 0.515. The Kier molecular flexibility index (Phi) is 3.87. The van der Waals surface area contributed by atoms with Gasteiger partial charge in [0.25, 0.3) is 0 Å². The molecule has 0 aliphatic carbocycles. The van der Waals surface area contributed by atoms with Gasteiger partial charge in [0.05, 0.1) is 6.61 Å². The van der Waals surface area contributed by atoms with Crippen LogP contribution in [0.4, 0.5) is 0 Å². The summed E-state index contributed by atoms with van der Waals surface area (Å²) in [5.41, 5.74) is 5.30. The lowest BCUT2D eigenvalue weighted by Gasteiger charge is -2.21. The first-order chi connectivity index (χ1) is 3.68. The molecule has 0 aliphatic rings. The van der Waals surface area contributed by atoms with Crippen molar-refractivity contribution >= 4 is 22.6 Å². The molecule has 0 spiro atoms. The second-order valence-corrected chi connectivity index (χ2v) is 3.64. The first-order valence-corrected chi connectivity index (χ1v) is 3.45. The van der Waals surface area contributed by atoms with E-state index in [1.54, 1.807) is 7.05 Å². The van der Waals surface area contributed by atoms with E-state index in [0.717, 1.165) is 0 Å². The van der Waals surface area contributed by atoms with Gasteiger partial charge < -0.3 is 16.2 Å². The Morgan fingerprint density at radius 1 is 1.88 bits per heavy atom. The van der Waals surface area contributed by atoms with Crippen LogP contribution in [-0.2, 0) is 0 Å². The maximum absolute atomic E-state index is 8.64. The van der Waals surface area contributed by atoms with Crippen LogP contribution in [-0.4, -0.2) is 28.9 Å². The lowest BCUT2D eigenvalue weighted by Crippen LogP contribution is -2.46. The van der Waals surface area contributed by atoms with Gasteiger partial charge in [0, 0.05) is 6.54 Å². The fourth-order valence-electron chi connectivity index (χ4n) is 0.246. The van der Waals surface area contributed by atoms with Gasteiger partial charge >= 0.3 is 0 Å². The van der Waals surface area contributed by atoms with Crippen molar-refractivity contribution in [3.05, 3.63) is 0 Å². The number of nitrogens with one attached hydrogen (secondary N) is 1. The molecule has 1 unspecified atom stereocenters. The molecular formula is C4H11IN2O. The second-order valence-electron chi connectivity index (χ2n) is 1.58. The zero-order valence-electron chi connectivity index (χ0n) is 4.82. The predicted molar refractivity (Wildman–Crippen MR) is 42.0 cm³/mol. The largest absolute Gasteiger partial charge is 0.394 e. The van der Waals surface area contributed by atoms with Gasteiger partial charge in [-0.25, -0.2) is 0 Å². The van der Waals surface area contributed by atoms with Gasteiger partial charge in [-0.05, 0) is 7.05 Å². The smallest absolute Gasteiger partial charge is 0.106 e. The minimum Gasteiger partial charge on any atom is -0.394 e. The van der Waals surface area contributed by atoms with Crippen LogP contribution in [0.5, 0.6) is 0 Å². The number of likely N-dealkylation sites (N-methyl/N-ethyl adjacent to an activating group) is 1. The van der Waals surface area contributed by atoms with Gasteiger partial charge in [0.15, 0.2) is 0 Å². The number of nitrogens with two attached hydrogens (primary N) is 1. The normalized spacial score (nSPS) is 18.0. The number of aliphatic hydroxyl groups is 1. The van der Waals surface area contributed by atoms with E-state index in [1.165, 1.54) is 0 Å². The monoisotopic (exact) mass is 230 g/mol. The SMILES string of the molecule is CNC(I)(CN)CO. The molecule has 0 amide bonds. The van der Waals surface area contributed by atoms with Gasteiger partial charge in [-0.2, -0.15) is 0 Å². The third-order valence-corrected chi connectivity index (χ3v) is 2.34. The summed E-state index contributed by atoms with van der Waals surface area (Å²) in [4.78, 5) is 0. The number of hydrogen-bond acceptors (Lipinski definition) is 3. The molecule has 0 radical (unpaired) electrons. The summed E-state index contributed by atoms with van der Waals surface area (Å²) in [7, 11) is 1.77. The number of halogens is 1. The van der Waals surface area contributed by atoms with Crippen molar-refractivity contribution in [2.45, 2.75) is 3.55 Å². The van der Waals surface area contributed by atoms with Gasteiger partial charge in [-0.3, -0.25) is 0 Å². The average Bonchev–Trinajstić information content (AvgIpc) is 1.87. The van der Waals surface area contributed by atoms with Crippen LogP contribution in [0.2, 0.25) is 0 Å². The fraction of sp³-hybridized carbons (Fsp3) is 1.00. The molecule has 0 aromatic rings. The molecule has 0 aliphatic heterocycles. The average molecular weight is 230 g/mol. The van der Waals surface area contributed by atoms with Crippen LogP contribution in [0.15, 0.2) is 0 Å². The minimum absolute atomic E-state index is 0.0700. The molecule has 0 saturated heterocycles. The molecule has 0 bridgehead atoms. The molecule has 0 aromatic carbocycles. The molecule has 0 fully saturated rings. The molecule has 0 heterocycles. The molecule has 4 N–H and O–H groups in total. The predicted octanol–water partition coefficient (Wildman–Crippen LogP) is -0.712. The third-order valence-electron chi connectivity index (χ3n) is 1.02. The molecular weight excluding hydrogens is 219 g/mol. The standard InChI is InChI=1S/C4H11IN2O/c1-7-4(5,2-6)3-8/h7-8H,2-3,6H2,1H3. The maximum Gasteiger partial charge on any atom is 0.106 e. The van der Waals surface area contributed by atoms with Crippen LogP contribution in [0.1, 0.15) is 0 Å². The lowest BCUT2D eigenvalue weighted by atomic mass is 10.3. The lowest BCUT2D eigenvalue weighted by molar-refractivity contribution is 0.243. The summed E-state index contributed by atoms with van der Waals surface area (Å²) < 4.78 is -0.322. The molecule has 0 aromatic heterocycles. The highest BCUT2D eigenvalue weighted by Crippen LogP contribution is 2.09. The first kappa shape index (κ1) is 8.61. The summed E-state index contributed by atoms with van der Waals surface area (Å²) in [5, 5.41) is 11.5. The summed E-state index contributed by atoms with van der Waals surface area (Å²) >= 11 is 2.08. The Morgan fingerprint density at radius 2 is 2.38 bits per heavy atom. The third kappa shape index (κ3) is 2.25. The Hall–Kier alpha value is 0.610. The Balaban J connectivity index is 3.58. The Labute approximate surface area is 62.8 Å². The highest BCUT2D eigenvalue weighted by atomic mass is 127. The van der Waals surface area contributed by atoms with E-state index in [2.05, 4.69) is 27.9 Å². The van der Waals surface area contributed by atoms with Crippen LogP contribution in [0.25, 0.3) is 0 Å². The molecule has 1 atom stereocenters. The van der Waals surface area contributed by atoms with E-state index in [0.29, 0.717) is 6.54 Å². The van der Waals surface area contributed by atoms with Gasteiger partial charge in [-0.15, -0.1) is 0 Å². The maximum atomic E-state index is 8.64. The van der Waals surface area contributed by atoms with E-state index in [4.69, 9.17) is 10.8 Å². The van der Waals surface area contributed by atoms with Gasteiger partial charge in [-0.1, -0.05) is 22.6 Å². The molecule has 0 rings (SSSR count). The summed E-state index contributed by atoms with van der Waals surface area (Å²) in [6.07, 6.45) is 0. The Bertz CT molecular complexity index is 56.8. The highest BCUT2D eigenvalue weighted by Gasteiger charge is 2.19. The zero-order chi connectivity index (χ0) is 6.62.